The molecule has 2 heterocycles. The quantitative estimate of drug-likeness (QED) is 0.595. The van der Waals surface area contributed by atoms with E-state index in [4.69, 9.17) is 4.74 Å². The first-order chi connectivity index (χ1) is 14.7. The van der Waals surface area contributed by atoms with Crippen LogP contribution in [0.1, 0.15) is 45.3 Å². The average molecular weight is 444 g/mol. The summed E-state index contributed by atoms with van der Waals surface area (Å²) in [6.45, 7) is 7.21. The van der Waals surface area contributed by atoms with Crippen molar-refractivity contribution < 1.29 is 19.4 Å². The molecule has 0 spiro atoms. The molecule has 0 fully saturated rings. The number of hydrogen-bond donors (Lipinski definition) is 1. The van der Waals surface area contributed by atoms with Gasteiger partial charge in [0.15, 0.2) is 5.76 Å². The van der Waals surface area contributed by atoms with Crippen molar-refractivity contribution in [3.8, 4) is 5.75 Å². The maximum Gasteiger partial charge on any atom is 0.290 e. The van der Waals surface area contributed by atoms with Crippen LogP contribution in [0.25, 0.3) is 0 Å². The Bertz CT molecular complexity index is 1010. The highest BCUT2D eigenvalue weighted by Crippen LogP contribution is 2.41. The number of nitrogens with zero attached hydrogens (tertiary/aromatic N) is 3. The summed E-state index contributed by atoms with van der Waals surface area (Å²) in [5.74, 6) is -0.695. The second kappa shape index (κ2) is 9.62. The molecule has 1 unspecified atom stereocenters. The molecule has 0 bridgehead atoms. The fourth-order valence-corrected chi connectivity index (χ4v) is 4.70. The highest BCUT2D eigenvalue weighted by atomic mass is 32.1. The van der Waals surface area contributed by atoms with Gasteiger partial charge in [-0.2, -0.15) is 0 Å². The van der Waals surface area contributed by atoms with Gasteiger partial charge in [-0.25, -0.2) is 4.98 Å². The Balaban J connectivity index is 2.05. The van der Waals surface area contributed by atoms with Gasteiger partial charge in [0.05, 0.1) is 33.8 Å². The number of benzene rings is 1. The van der Waals surface area contributed by atoms with E-state index >= 15 is 0 Å². The van der Waals surface area contributed by atoms with E-state index in [1.54, 1.807) is 11.8 Å². The average Bonchev–Trinajstić information content (AvgIpc) is 3.18. The molecule has 3 rings (SSSR count). The number of ketones is 1. The fourth-order valence-electron chi connectivity index (χ4n) is 3.83. The van der Waals surface area contributed by atoms with Crippen molar-refractivity contribution in [2.45, 2.75) is 33.2 Å². The van der Waals surface area contributed by atoms with E-state index in [0.29, 0.717) is 35.9 Å². The number of carbonyl (C=O) groups excluding carboxylic acids is 2. The molecule has 1 aromatic carbocycles. The van der Waals surface area contributed by atoms with Gasteiger partial charge in [-0.05, 0) is 65.5 Å². The Morgan fingerprint density at radius 2 is 2.06 bits per heavy atom. The second-order valence-electron chi connectivity index (χ2n) is 7.80. The predicted octanol–water partition coefficient (Wildman–Crippen LogP) is 3.69. The van der Waals surface area contributed by atoms with Crippen LogP contribution in [0.2, 0.25) is 0 Å². The molecule has 31 heavy (non-hydrogen) atoms. The number of aromatic nitrogens is 1. The third-order valence-electron chi connectivity index (χ3n) is 5.15. The van der Waals surface area contributed by atoms with Crippen molar-refractivity contribution in [2.24, 2.45) is 0 Å². The molecule has 0 aliphatic carbocycles. The number of aryl methyl sites for hydroxylation is 2. The predicted molar refractivity (Wildman–Crippen MR) is 121 cm³/mol. The topological polar surface area (TPSA) is 83.0 Å². The van der Waals surface area contributed by atoms with Gasteiger partial charge in [0.1, 0.15) is 5.75 Å². The Morgan fingerprint density at radius 1 is 1.32 bits per heavy atom. The molecular weight excluding hydrogens is 414 g/mol. The summed E-state index contributed by atoms with van der Waals surface area (Å²) in [4.78, 5) is 34.9. The molecule has 1 N–H and O–H groups in total. The molecule has 0 saturated heterocycles. The largest absolute Gasteiger partial charge is 0.503 e. The standard InChI is InChI=1S/C23H29N3O4S/c1-6-30-17-10-7-9-16(13-17)19-18(20(27)22-14(2)24-15(3)31-22)21(28)23(29)26(19)12-8-11-25(4)5/h7,9-10,13,19,28H,6,8,11-12H2,1-5H3. The first-order valence-corrected chi connectivity index (χ1v) is 11.2. The van der Waals surface area contributed by atoms with Crippen LogP contribution in [0.3, 0.4) is 0 Å². The van der Waals surface area contributed by atoms with Crippen molar-refractivity contribution in [1.29, 1.82) is 0 Å². The van der Waals surface area contributed by atoms with E-state index in [2.05, 4.69) is 4.98 Å². The van der Waals surface area contributed by atoms with Gasteiger partial charge in [0.25, 0.3) is 5.91 Å². The van der Waals surface area contributed by atoms with E-state index in [0.717, 1.165) is 17.1 Å². The third-order valence-corrected chi connectivity index (χ3v) is 6.22. The minimum atomic E-state index is -0.677. The number of amides is 1. The summed E-state index contributed by atoms with van der Waals surface area (Å²) in [7, 11) is 3.93. The van der Waals surface area contributed by atoms with Gasteiger partial charge in [0, 0.05) is 6.54 Å². The van der Waals surface area contributed by atoms with E-state index in [-0.39, 0.29) is 11.4 Å². The second-order valence-corrected chi connectivity index (χ2v) is 9.01. The number of aliphatic hydroxyl groups is 1. The monoisotopic (exact) mass is 443 g/mol. The minimum absolute atomic E-state index is 0.107. The summed E-state index contributed by atoms with van der Waals surface area (Å²) in [5.41, 5.74) is 1.44. The molecule has 7 nitrogen and oxygen atoms in total. The zero-order chi connectivity index (χ0) is 22.7. The number of Topliss-reactive ketones (excluding diaryl/α,β-unsaturated/α-hetero) is 1. The summed E-state index contributed by atoms with van der Waals surface area (Å²) in [6.07, 6.45) is 0.716. The first-order valence-electron chi connectivity index (χ1n) is 10.3. The third kappa shape index (κ3) is 4.80. The lowest BCUT2D eigenvalue weighted by molar-refractivity contribution is -0.129. The van der Waals surface area contributed by atoms with Gasteiger partial charge < -0.3 is 19.6 Å². The van der Waals surface area contributed by atoms with E-state index < -0.39 is 17.7 Å². The zero-order valence-electron chi connectivity index (χ0n) is 18.6. The lowest BCUT2D eigenvalue weighted by Gasteiger charge is -2.27. The zero-order valence-corrected chi connectivity index (χ0v) is 19.5. The number of hydrogen-bond acceptors (Lipinski definition) is 7. The van der Waals surface area contributed by atoms with Crippen LogP contribution in [-0.4, -0.2) is 65.4 Å². The molecule has 1 atom stereocenters. The molecule has 8 heteroatoms. The number of rotatable bonds is 9. The molecule has 2 aromatic rings. The van der Waals surface area contributed by atoms with Crippen molar-refractivity contribution in [2.75, 3.05) is 33.8 Å². The van der Waals surface area contributed by atoms with E-state index in [1.165, 1.54) is 11.3 Å². The SMILES string of the molecule is CCOc1cccc(C2C(C(=O)c3sc(C)nc3C)=C(O)C(=O)N2CCCN(C)C)c1. The van der Waals surface area contributed by atoms with Gasteiger partial charge in [-0.15, -0.1) is 11.3 Å². The molecule has 1 aliphatic heterocycles. The minimum Gasteiger partial charge on any atom is -0.503 e. The fraction of sp³-hybridized carbons (Fsp3) is 0.435. The number of ether oxygens (including phenoxy) is 1. The molecule has 1 aliphatic rings. The van der Waals surface area contributed by atoms with Crippen molar-refractivity contribution in [3.63, 3.8) is 0 Å². The summed E-state index contributed by atoms with van der Waals surface area (Å²) in [5, 5.41) is 11.5. The maximum absolute atomic E-state index is 13.5. The normalized spacial score (nSPS) is 16.5. The van der Waals surface area contributed by atoms with Crippen molar-refractivity contribution in [3.05, 3.63) is 56.7 Å². The number of thiazole rings is 1. The van der Waals surface area contributed by atoms with Crippen LogP contribution in [0.4, 0.5) is 0 Å². The van der Waals surface area contributed by atoms with Crippen molar-refractivity contribution >= 4 is 23.0 Å². The lowest BCUT2D eigenvalue weighted by Crippen LogP contribution is -2.33. The van der Waals surface area contributed by atoms with Crippen LogP contribution >= 0.6 is 11.3 Å². The Morgan fingerprint density at radius 3 is 2.68 bits per heavy atom. The van der Waals surface area contributed by atoms with Gasteiger partial charge >= 0.3 is 0 Å². The first kappa shape index (κ1) is 23.0. The Kier molecular flexibility index (Phi) is 7.12. The molecule has 0 saturated carbocycles. The smallest absolute Gasteiger partial charge is 0.290 e. The van der Waals surface area contributed by atoms with Gasteiger partial charge in [-0.1, -0.05) is 12.1 Å². The summed E-state index contributed by atoms with van der Waals surface area (Å²) >= 11 is 1.28. The summed E-state index contributed by atoms with van der Waals surface area (Å²) < 4.78 is 5.63. The number of carbonyl (C=O) groups is 2. The van der Waals surface area contributed by atoms with Crippen LogP contribution < -0.4 is 4.74 Å². The van der Waals surface area contributed by atoms with Crippen LogP contribution in [0.15, 0.2) is 35.6 Å². The highest BCUT2D eigenvalue weighted by molar-refractivity contribution is 7.14. The molecule has 1 amide bonds. The number of aliphatic hydroxyl groups excluding tert-OH is 1. The Hall–Kier alpha value is -2.71. The van der Waals surface area contributed by atoms with Gasteiger partial charge in [0.2, 0.25) is 5.78 Å². The molecular formula is C23H29N3O4S. The molecule has 166 valence electrons. The van der Waals surface area contributed by atoms with Crippen LogP contribution in [0, 0.1) is 13.8 Å². The van der Waals surface area contributed by atoms with E-state index in [1.807, 2.05) is 57.1 Å². The maximum atomic E-state index is 13.5. The van der Waals surface area contributed by atoms with E-state index in [9.17, 15) is 14.7 Å². The summed E-state index contributed by atoms with van der Waals surface area (Å²) in [6, 6.07) is 6.68. The van der Waals surface area contributed by atoms with Crippen molar-refractivity contribution in [1.82, 2.24) is 14.8 Å². The van der Waals surface area contributed by atoms with Crippen LogP contribution in [-0.2, 0) is 4.79 Å². The Labute approximate surface area is 187 Å². The van der Waals surface area contributed by atoms with Crippen LogP contribution in [0.5, 0.6) is 5.75 Å². The molecule has 1 aromatic heterocycles. The highest BCUT2D eigenvalue weighted by Gasteiger charge is 2.44. The van der Waals surface area contributed by atoms with Gasteiger partial charge in [-0.3, -0.25) is 9.59 Å². The molecule has 0 radical (unpaired) electrons. The lowest BCUT2D eigenvalue weighted by atomic mass is 9.95.